The van der Waals surface area contributed by atoms with Crippen LogP contribution < -0.4 is 9.47 Å². The van der Waals surface area contributed by atoms with E-state index >= 15 is 0 Å². The fraction of sp³-hybridized carbons (Fsp3) is 0.286. The molecule has 2 aliphatic rings. The summed E-state index contributed by atoms with van der Waals surface area (Å²) in [6.07, 6.45) is 1.54. The highest BCUT2D eigenvalue weighted by Crippen LogP contribution is 2.43. The van der Waals surface area contributed by atoms with Gasteiger partial charge < -0.3 is 9.47 Å². The van der Waals surface area contributed by atoms with Crippen molar-refractivity contribution in [2.45, 2.75) is 33.4 Å². The number of nitro benzene ring substituents is 1. The lowest BCUT2D eigenvalue weighted by atomic mass is 9.99. The Hall–Kier alpha value is -3.19. The van der Waals surface area contributed by atoms with Gasteiger partial charge >= 0.3 is 0 Å². The number of hydrogen-bond donors (Lipinski definition) is 0. The summed E-state index contributed by atoms with van der Waals surface area (Å²) in [5.74, 6) is 1.19. The van der Waals surface area contributed by atoms with Crippen molar-refractivity contribution in [1.82, 2.24) is 4.90 Å². The molecule has 0 saturated heterocycles. The zero-order chi connectivity index (χ0) is 20.0. The number of non-ortho nitro benzene ring substituents is 1. The molecule has 2 aromatic carbocycles. The minimum absolute atomic E-state index is 0.0360. The molecule has 0 fully saturated rings. The SMILES string of the molecule is Cc1c2c(cc3c1O/C(=C\c1cccc([N+](=O)[O-])c1)C3=O)CN(C(C)C)CO2. The van der Waals surface area contributed by atoms with E-state index in [2.05, 4.69) is 18.7 Å². The third kappa shape index (κ3) is 3.03. The monoisotopic (exact) mass is 380 g/mol. The number of nitrogens with zero attached hydrogens (tertiary/aromatic N) is 2. The average molecular weight is 380 g/mol. The quantitative estimate of drug-likeness (QED) is 0.453. The highest BCUT2D eigenvalue weighted by Gasteiger charge is 2.34. The van der Waals surface area contributed by atoms with Gasteiger partial charge in [-0.05, 0) is 38.5 Å². The first-order valence-electron chi connectivity index (χ1n) is 9.07. The normalized spacial score (nSPS) is 17.3. The smallest absolute Gasteiger partial charge is 0.270 e. The van der Waals surface area contributed by atoms with Gasteiger partial charge in [-0.15, -0.1) is 0 Å². The van der Waals surface area contributed by atoms with E-state index in [0.29, 0.717) is 36.2 Å². The van der Waals surface area contributed by atoms with Gasteiger partial charge in [-0.3, -0.25) is 19.8 Å². The van der Waals surface area contributed by atoms with Crippen LogP contribution in [0.2, 0.25) is 0 Å². The summed E-state index contributed by atoms with van der Waals surface area (Å²) < 4.78 is 11.8. The Morgan fingerprint density at radius 1 is 1.25 bits per heavy atom. The summed E-state index contributed by atoms with van der Waals surface area (Å²) in [6, 6.07) is 8.26. The van der Waals surface area contributed by atoms with Crippen LogP contribution in [0.4, 0.5) is 5.69 Å². The lowest BCUT2D eigenvalue weighted by molar-refractivity contribution is -0.384. The van der Waals surface area contributed by atoms with Crippen molar-refractivity contribution in [3.63, 3.8) is 0 Å². The van der Waals surface area contributed by atoms with Crippen molar-refractivity contribution in [2.24, 2.45) is 0 Å². The summed E-state index contributed by atoms with van der Waals surface area (Å²) in [4.78, 5) is 25.6. The summed E-state index contributed by atoms with van der Waals surface area (Å²) >= 11 is 0. The average Bonchev–Trinajstić information content (AvgIpc) is 2.98. The summed E-state index contributed by atoms with van der Waals surface area (Å²) in [7, 11) is 0. The van der Waals surface area contributed by atoms with Crippen molar-refractivity contribution >= 4 is 17.5 Å². The van der Waals surface area contributed by atoms with Crippen LogP contribution >= 0.6 is 0 Å². The zero-order valence-electron chi connectivity index (χ0n) is 15.9. The molecular formula is C21H20N2O5. The maximum Gasteiger partial charge on any atom is 0.270 e. The van der Waals surface area contributed by atoms with E-state index in [0.717, 1.165) is 16.9 Å². The van der Waals surface area contributed by atoms with Gasteiger partial charge in [-0.25, -0.2) is 0 Å². The minimum atomic E-state index is -0.468. The number of ether oxygens (including phenoxy) is 2. The van der Waals surface area contributed by atoms with E-state index in [4.69, 9.17) is 9.47 Å². The highest BCUT2D eigenvalue weighted by molar-refractivity contribution is 6.15. The molecular weight excluding hydrogens is 360 g/mol. The number of allylic oxidation sites excluding steroid dienone is 1. The van der Waals surface area contributed by atoms with Gasteiger partial charge in [0.15, 0.2) is 5.76 Å². The van der Waals surface area contributed by atoms with Crippen molar-refractivity contribution in [3.05, 3.63) is 68.5 Å². The van der Waals surface area contributed by atoms with Crippen LogP contribution in [0.3, 0.4) is 0 Å². The number of carbonyl (C=O) groups excluding carboxylic acids is 1. The lowest BCUT2D eigenvalue weighted by Gasteiger charge is -2.32. The summed E-state index contributed by atoms with van der Waals surface area (Å²) in [6.45, 7) is 7.28. The fourth-order valence-electron chi connectivity index (χ4n) is 3.48. The standard InChI is InChI=1S/C21H20N2O5/c1-12(2)22-10-15-9-17-19(24)18(28-21(17)13(3)20(15)27-11-22)8-14-5-4-6-16(7-14)23(25)26/h4-9,12H,10-11H2,1-3H3/b18-8-. The first-order chi connectivity index (χ1) is 13.3. The van der Waals surface area contributed by atoms with E-state index in [1.165, 1.54) is 18.2 Å². The Balaban J connectivity index is 1.70. The van der Waals surface area contributed by atoms with Crippen molar-refractivity contribution < 1.29 is 19.2 Å². The molecule has 7 nitrogen and oxygen atoms in total. The number of rotatable bonds is 3. The second-order valence-corrected chi connectivity index (χ2v) is 7.27. The van der Waals surface area contributed by atoms with Gasteiger partial charge in [0.25, 0.3) is 5.69 Å². The topological polar surface area (TPSA) is 81.9 Å². The molecule has 0 bridgehead atoms. The van der Waals surface area contributed by atoms with Gasteiger partial charge in [0.05, 0.1) is 10.5 Å². The number of carbonyl (C=O) groups is 1. The third-order valence-electron chi connectivity index (χ3n) is 5.07. The first-order valence-corrected chi connectivity index (χ1v) is 9.07. The molecule has 28 heavy (non-hydrogen) atoms. The van der Waals surface area contributed by atoms with E-state index < -0.39 is 4.92 Å². The molecule has 0 spiro atoms. The largest absolute Gasteiger partial charge is 0.477 e. The number of Topliss-reactive ketones (excluding diaryl/α,β-unsaturated/α-hetero) is 1. The molecule has 144 valence electrons. The molecule has 2 aromatic rings. The summed E-state index contributed by atoms with van der Waals surface area (Å²) in [5, 5.41) is 11.0. The first kappa shape index (κ1) is 18.2. The van der Waals surface area contributed by atoms with E-state index in [1.54, 1.807) is 12.1 Å². The second-order valence-electron chi connectivity index (χ2n) is 7.27. The molecule has 0 radical (unpaired) electrons. The van der Waals surface area contributed by atoms with Gasteiger partial charge in [0.1, 0.15) is 18.2 Å². The Morgan fingerprint density at radius 3 is 2.75 bits per heavy atom. The number of nitro groups is 1. The molecule has 0 unspecified atom stereocenters. The molecule has 7 heteroatoms. The Labute approximate surface area is 162 Å². The highest BCUT2D eigenvalue weighted by atomic mass is 16.6. The number of benzene rings is 2. The number of ketones is 1. The van der Waals surface area contributed by atoms with E-state index in [-0.39, 0.29) is 17.2 Å². The van der Waals surface area contributed by atoms with E-state index in [9.17, 15) is 14.9 Å². The Bertz CT molecular complexity index is 1030. The van der Waals surface area contributed by atoms with Crippen LogP contribution in [0.1, 0.15) is 40.9 Å². The second kappa shape index (κ2) is 6.76. The van der Waals surface area contributed by atoms with Gasteiger partial charge in [-0.1, -0.05) is 12.1 Å². The van der Waals surface area contributed by atoms with Crippen molar-refractivity contribution in [3.8, 4) is 11.5 Å². The van der Waals surface area contributed by atoms with Crippen LogP contribution in [0.25, 0.3) is 6.08 Å². The predicted molar refractivity (Wildman–Crippen MR) is 103 cm³/mol. The summed E-state index contributed by atoms with van der Waals surface area (Å²) in [5.41, 5.74) is 2.76. The van der Waals surface area contributed by atoms with Crippen LogP contribution in [0.15, 0.2) is 36.1 Å². The maximum atomic E-state index is 12.9. The number of hydrogen-bond acceptors (Lipinski definition) is 6. The Morgan fingerprint density at radius 2 is 2.04 bits per heavy atom. The molecule has 0 amide bonds. The Kier molecular flexibility index (Phi) is 4.39. The van der Waals surface area contributed by atoms with Crippen LogP contribution in [-0.4, -0.2) is 28.4 Å². The van der Waals surface area contributed by atoms with Gasteiger partial charge in [-0.2, -0.15) is 0 Å². The molecule has 4 rings (SSSR count). The van der Waals surface area contributed by atoms with Crippen LogP contribution in [0.5, 0.6) is 11.5 Å². The molecule has 0 aliphatic carbocycles. The molecule has 2 heterocycles. The van der Waals surface area contributed by atoms with Crippen molar-refractivity contribution in [2.75, 3.05) is 6.73 Å². The van der Waals surface area contributed by atoms with Crippen LogP contribution in [0, 0.1) is 17.0 Å². The van der Waals surface area contributed by atoms with Crippen molar-refractivity contribution in [1.29, 1.82) is 0 Å². The molecule has 2 aliphatic heterocycles. The van der Waals surface area contributed by atoms with E-state index in [1.807, 2.05) is 13.0 Å². The third-order valence-corrected chi connectivity index (χ3v) is 5.07. The molecule has 0 atom stereocenters. The fourth-order valence-corrected chi connectivity index (χ4v) is 3.48. The molecule has 0 saturated carbocycles. The minimum Gasteiger partial charge on any atom is -0.477 e. The van der Waals surface area contributed by atoms with Gasteiger partial charge in [0.2, 0.25) is 5.78 Å². The van der Waals surface area contributed by atoms with Crippen LogP contribution in [-0.2, 0) is 6.54 Å². The molecule has 0 N–H and O–H groups in total. The lowest BCUT2D eigenvalue weighted by Crippen LogP contribution is -2.37. The maximum absolute atomic E-state index is 12.9. The molecule has 0 aromatic heterocycles. The predicted octanol–water partition coefficient (Wildman–Crippen LogP) is 4.08. The number of fused-ring (bicyclic) bond motifs is 2. The van der Waals surface area contributed by atoms with Gasteiger partial charge in [0, 0.05) is 35.8 Å². The zero-order valence-corrected chi connectivity index (χ0v) is 15.9.